The first-order valence-electron chi connectivity index (χ1n) is 3.83. The monoisotopic (exact) mass is 184 g/mol. The van der Waals surface area contributed by atoms with Gasteiger partial charge in [-0.05, 0) is 19.9 Å². The lowest BCUT2D eigenvalue weighted by molar-refractivity contribution is 0.0513. The van der Waals surface area contributed by atoms with Gasteiger partial charge in [-0.3, -0.25) is 4.68 Å². The molecular weight excluding hydrogens is 168 g/mol. The molecule has 1 rings (SSSR count). The molecule has 0 saturated carbocycles. The summed E-state index contributed by atoms with van der Waals surface area (Å²) in [6, 6.07) is 1.71. The van der Waals surface area contributed by atoms with Gasteiger partial charge in [-0.2, -0.15) is 5.10 Å². The van der Waals surface area contributed by atoms with Crippen LogP contribution in [0, 0.1) is 6.92 Å². The van der Waals surface area contributed by atoms with Crippen LogP contribution in [0.2, 0.25) is 0 Å². The molecule has 0 N–H and O–H groups in total. The van der Waals surface area contributed by atoms with Gasteiger partial charge in [-0.25, -0.2) is 4.79 Å². The third kappa shape index (κ3) is 2.57. The Hall–Kier alpha value is -1.32. The predicted molar refractivity (Wildman–Crippen MR) is 50.6 cm³/mol. The van der Waals surface area contributed by atoms with E-state index in [0.29, 0.717) is 12.3 Å². The van der Waals surface area contributed by atoms with Gasteiger partial charge in [0.05, 0.1) is 12.3 Å². The van der Waals surface area contributed by atoms with E-state index in [-0.39, 0.29) is 13.4 Å². The fourth-order valence-corrected chi connectivity index (χ4v) is 1.01. The number of ether oxygens (including phenoxy) is 1. The number of hydrogen-bond acceptors (Lipinski definition) is 3. The van der Waals surface area contributed by atoms with Crippen molar-refractivity contribution in [2.75, 3.05) is 6.61 Å². The maximum absolute atomic E-state index is 11.2. The van der Waals surface area contributed by atoms with Gasteiger partial charge in [0.15, 0.2) is 0 Å². The van der Waals surface area contributed by atoms with E-state index in [1.54, 1.807) is 20.0 Å². The van der Waals surface area contributed by atoms with Crippen molar-refractivity contribution in [3.63, 3.8) is 0 Å². The Kier molecular flexibility index (Phi) is 4.17. The van der Waals surface area contributed by atoms with Crippen molar-refractivity contribution in [3.05, 3.63) is 17.5 Å². The van der Waals surface area contributed by atoms with Crippen molar-refractivity contribution in [3.8, 4) is 0 Å². The lowest BCUT2D eigenvalue weighted by Gasteiger charge is -2.00. The number of carbonyl (C=O) groups excluding carboxylic acids is 1. The third-order valence-electron chi connectivity index (χ3n) is 1.49. The molecule has 1 aromatic rings. The first kappa shape index (κ1) is 11.7. The van der Waals surface area contributed by atoms with E-state index < -0.39 is 0 Å². The van der Waals surface area contributed by atoms with Crippen molar-refractivity contribution in [1.82, 2.24) is 9.78 Å². The Morgan fingerprint density at radius 2 is 2.31 bits per heavy atom. The largest absolute Gasteiger partial charge is 0.461 e. The van der Waals surface area contributed by atoms with Gasteiger partial charge in [-0.1, -0.05) is 7.43 Å². The van der Waals surface area contributed by atoms with Crippen molar-refractivity contribution < 1.29 is 9.53 Å². The normalized spacial score (nSPS) is 9.15. The highest BCUT2D eigenvalue weighted by Crippen LogP contribution is 2.03. The molecule has 0 aliphatic carbocycles. The maximum atomic E-state index is 11.2. The van der Waals surface area contributed by atoms with Crippen molar-refractivity contribution >= 4 is 5.97 Å². The Morgan fingerprint density at radius 3 is 2.69 bits per heavy atom. The van der Waals surface area contributed by atoms with Gasteiger partial charge < -0.3 is 4.74 Å². The molecule has 0 aliphatic heterocycles. The van der Waals surface area contributed by atoms with E-state index in [0.717, 1.165) is 5.69 Å². The SMILES string of the molecule is C.CCOC(=O)c1cc(C)nn1C. The zero-order chi connectivity index (χ0) is 9.14. The molecule has 0 radical (unpaired) electrons. The van der Waals surface area contributed by atoms with Gasteiger partial charge in [0.25, 0.3) is 0 Å². The maximum Gasteiger partial charge on any atom is 0.356 e. The fraction of sp³-hybridized carbons (Fsp3) is 0.556. The van der Waals surface area contributed by atoms with Gasteiger partial charge in [0.2, 0.25) is 0 Å². The molecule has 0 aliphatic rings. The number of esters is 1. The van der Waals surface area contributed by atoms with Crippen LogP contribution in [0.5, 0.6) is 0 Å². The second-order valence-corrected chi connectivity index (χ2v) is 2.52. The van der Waals surface area contributed by atoms with E-state index in [4.69, 9.17) is 4.74 Å². The van der Waals surface area contributed by atoms with Gasteiger partial charge >= 0.3 is 5.97 Å². The van der Waals surface area contributed by atoms with Crippen molar-refractivity contribution in [2.45, 2.75) is 21.3 Å². The lowest BCUT2D eigenvalue weighted by Crippen LogP contribution is -2.10. The summed E-state index contributed by atoms with van der Waals surface area (Å²) in [6.45, 7) is 4.01. The van der Waals surface area contributed by atoms with E-state index in [2.05, 4.69) is 5.10 Å². The minimum absolute atomic E-state index is 0. The zero-order valence-corrected chi connectivity index (χ0v) is 7.50. The Bertz CT molecular complexity index is 292. The molecule has 0 spiro atoms. The molecule has 0 bridgehead atoms. The third-order valence-corrected chi connectivity index (χ3v) is 1.49. The summed E-state index contributed by atoms with van der Waals surface area (Å²) in [5.74, 6) is -0.319. The second-order valence-electron chi connectivity index (χ2n) is 2.52. The van der Waals surface area contributed by atoms with E-state index >= 15 is 0 Å². The Labute approximate surface area is 78.5 Å². The zero-order valence-electron chi connectivity index (χ0n) is 7.50. The number of rotatable bonds is 2. The van der Waals surface area contributed by atoms with Crippen LogP contribution in [-0.2, 0) is 11.8 Å². The Balaban J connectivity index is 0.00000144. The van der Waals surface area contributed by atoms with Gasteiger partial charge in [-0.15, -0.1) is 0 Å². The molecule has 1 heterocycles. The molecule has 4 nitrogen and oxygen atoms in total. The number of carbonyl (C=O) groups is 1. The topological polar surface area (TPSA) is 44.1 Å². The first-order valence-corrected chi connectivity index (χ1v) is 3.83. The highest BCUT2D eigenvalue weighted by atomic mass is 16.5. The van der Waals surface area contributed by atoms with E-state index in [9.17, 15) is 4.79 Å². The Morgan fingerprint density at radius 1 is 1.69 bits per heavy atom. The summed E-state index contributed by atoms with van der Waals surface area (Å²) in [7, 11) is 1.72. The van der Waals surface area contributed by atoms with Crippen LogP contribution in [0.3, 0.4) is 0 Å². The number of hydrogen-bond donors (Lipinski definition) is 0. The second kappa shape index (κ2) is 4.64. The van der Waals surface area contributed by atoms with Crippen LogP contribution in [-0.4, -0.2) is 22.4 Å². The molecule has 1 aromatic heterocycles. The molecule has 0 atom stereocenters. The number of aryl methyl sites for hydroxylation is 2. The lowest BCUT2D eigenvalue weighted by atomic mass is 10.4. The molecule has 4 heteroatoms. The first-order chi connectivity index (χ1) is 5.65. The van der Waals surface area contributed by atoms with Crippen LogP contribution < -0.4 is 0 Å². The molecule has 0 aromatic carbocycles. The standard InChI is InChI=1S/C8H12N2O2.CH4/c1-4-12-8(11)7-5-6(2)9-10(7)3;/h5H,4H2,1-3H3;1H4. The average Bonchev–Trinajstić information content (AvgIpc) is 2.30. The van der Waals surface area contributed by atoms with Crippen LogP contribution in [0.15, 0.2) is 6.07 Å². The minimum Gasteiger partial charge on any atom is -0.461 e. The minimum atomic E-state index is -0.319. The average molecular weight is 184 g/mol. The van der Waals surface area contributed by atoms with E-state index in [1.807, 2.05) is 6.92 Å². The summed E-state index contributed by atoms with van der Waals surface area (Å²) < 4.78 is 6.34. The van der Waals surface area contributed by atoms with E-state index in [1.165, 1.54) is 4.68 Å². The molecule has 0 amide bonds. The number of aromatic nitrogens is 2. The van der Waals surface area contributed by atoms with Crippen LogP contribution in [0.25, 0.3) is 0 Å². The molecular formula is C9H16N2O2. The summed E-state index contributed by atoms with van der Waals surface area (Å²) in [6.07, 6.45) is 0. The molecule has 74 valence electrons. The molecule has 13 heavy (non-hydrogen) atoms. The van der Waals surface area contributed by atoms with Crippen LogP contribution in [0.4, 0.5) is 0 Å². The van der Waals surface area contributed by atoms with Crippen molar-refractivity contribution in [1.29, 1.82) is 0 Å². The summed E-state index contributed by atoms with van der Waals surface area (Å²) in [4.78, 5) is 11.2. The molecule has 0 saturated heterocycles. The number of nitrogens with zero attached hydrogens (tertiary/aromatic N) is 2. The summed E-state index contributed by atoms with van der Waals surface area (Å²) in [5, 5.41) is 4.03. The smallest absolute Gasteiger partial charge is 0.356 e. The summed E-state index contributed by atoms with van der Waals surface area (Å²) >= 11 is 0. The van der Waals surface area contributed by atoms with Crippen LogP contribution >= 0.6 is 0 Å². The quantitative estimate of drug-likeness (QED) is 0.655. The molecule has 0 fully saturated rings. The van der Waals surface area contributed by atoms with Gasteiger partial charge in [0, 0.05) is 7.05 Å². The predicted octanol–water partition coefficient (Wildman–Crippen LogP) is 1.54. The molecule has 0 unspecified atom stereocenters. The van der Waals surface area contributed by atoms with Crippen LogP contribution in [0.1, 0.15) is 30.5 Å². The summed E-state index contributed by atoms with van der Waals surface area (Å²) in [5.41, 5.74) is 1.31. The fourth-order valence-electron chi connectivity index (χ4n) is 1.01. The highest BCUT2D eigenvalue weighted by molar-refractivity contribution is 5.87. The van der Waals surface area contributed by atoms with Gasteiger partial charge in [0.1, 0.15) is 5.69 Å². The highest BCUT2D eigenvalue weighted by Gasteiger charge is 2.11. The van der Waals surface area contributed by atoms with Crippen molar-refractivity contribution in [2.24, 2.45) is 7.05 Å².